The molecule has 32 heavy (non-hydrogen) atoms. The van der Waals surface area contributed by atoms with Gasteiger partial charge in [0.15, 0.2) is 8.32 Å². The van der Waals surface area contributed by atoms with Gasteiger partial charge in [0, 0.05) is 16.8 Å². The number of aryl methyl sites for hydroxylation is 1. The highest BCUT2D eigenvalue weighted by Crippen LogP contribution is 2.42. The standard InChI is InChI=1S/C25H36FNO4Si/c1-16(2)23-24(30-14-13-21(28)29)22(18-9-11-19(26)12-10-18)20(17(3)27-23)15-31-32(7,8)25(4,5)6/h9-12,16H,13-15H2,1-8H3,(H,28,29). The van der Waals surface area contributed by atoms with Crippen LogP contribution in [0.5, 0.6) is 5.75 Å². The Morgan fingerprint density at radius 2 is 1.78 bits per heavy atom. The van der Waals surface area contributed by atoms with Crippen molar-refractivity contribution in [2.75, 3.05) is 6.61 Å². The van der Waals surface area contributed by atoms with Crippen LogP contribution in [0.3, 0.4) is 0 Å². The van der Waals surface area contributed by atoms with E-state index in [2.05, 4.69) is 33.9 Å². The van der Waals surface area contributed by atoms with Crippen molar-refractivity contribution < 1.29 is 23.5 Å². The highest BCUT2D eigenvalue weighted by Gasteiger charge is 2.37. The maximum atomic E-state index is 13.7. The van der Waals surface area contributed by atoms with Crippen LogP contribution in [-0.2, 0) is 15.8 Å². The van der Waals surface area contributed by atoms with Crippen LogP contribution in [0.2, 0.25) is 18.1 Å². The van der Waals surface area contributed by atoms with Gasteiger partial charge in [0.05, 0.1) is 25.3 Å². The summed E-state index contributed by atoms with van der Waals surface area (Å²) in [6.45, 7) is 17.3. The van der Waals surface area contributed by atoms with Crippen LogP contribution in [0.15, 0.2) is 24.3 Å². The number of carboxylic acids is 1. The highest BCUT2D eigenvalue weighted by molar-refractivity contribution is 6.74. The molecule has 0 aliphatic carbocycles. The van der Waals surface area contributed by atoms with Gasteiger partial charge in [0.1, 0.15) is 11.6 Å². The smallest absolute Gasteiger partial charge is 0.306 e. The Morgan fingerprint density at radius 1 is 1.19 bits per heavy atom. The minimum Gasteiger partial charge on any atom is -0.490 e. The molecule has 7 heteroatoms. The molecular formula is C25H36FNO4Si. The number of nitrogens with zero attached hydrogens (tertiary/aromatic N) is 1. The molecule has 1 aromatic heterocycles. The first-order valence-electron chi connectivity index (χ1n) is 11.0. The minimum absolute atomic E-state index is 0.0243. The molecule has 2 rings (SSSR count). The summed E-state index contributed by atoms with van der Waals surface area (Å²) in [7, 11) is -2.04. The van der Waals surface area contributed by atoms with Crippen molar-refractivity contribution in [1.29, 1.82) is 0 Å². The van der Waals surface area contributed by atoms with E-state index in [9.17, 15) is 9.18 Å². The number of carbonyl (C=O) groups is 1. The van der Waals surface area contributed by atoms with E-state index in [1.807, 2.05) is 20.8 Å². The zero-order valence-electron chi connectivity index (χ0n) is 20.5. The van der Waals surface area contributed by atoms with Gasteiger partial charge in [-0.3, -0.25) is 9.78 Å². The van der Waals surface area contributed by atoms with E-state index in [0.717, 1.165) is 28.1 Å². The average Bonchev–Trinajstić information content (AvgIpc) is 2.67. The van der Waals surface area contributed by atoms with Crippen LogP contribution in [0.1, 0.15) is 63.9 Å². The quantitative estimate of drug-likeness (QED) is 0.421. The summed E-state index contributed by atoms with van der Waals surface area (Å²) in [5.74, 6) is -0.646. The number of hydrogen-bond donors (Lipinski definition) is 1. The van der Waals surface area contributed by atoms with Gasteiger partial charge in [-0.15, -0.1) is 0 Å². The van der Waals surface area contributed by atoms with Gasteiger partial charge in [0.25, 0.3) is 0 Å². The summed E-state index contributed by atoms with van der Waals surface area (Å²) in [6.07, 6.45) is -0.121. The van der Waals surface area contributed by atoms with Crippen LogP contribution in [0.4, 0.5) is 4.39 Å². The van der Waals surface area contributed by atoms with Crippen molar-refractivity contribution in [3.05, 3.63) is 47.0 Å². The van der Waals surface area contributed by atoms with Crippen molar-refractivity contribution in [3.63, 3.8) is 0 Å². The third kappa shape index (κ3) is 6.16. The fourth-order valence-corrected chi connectivity index (χ4v) is 4.03. The molecule has 0 saturated heterocycles. The second-order valence-electron chi connectivity index (χ2n) is 9.97. The molecule has 0 unspecified atom stereocenters. The number of benzene rings is 1. The zero-order chi connectivity index (χ0) is 24.3. The van der Waals surface area contributed by atoms with Crippen LogP contribution < -0.4 is 4.74 Å². The lowest BCUT2D eigenvalue weighted by molar-refractivity contribution is -0.137. The molecule has 2 aromatic rings. The maximum Gasteiger partial charge on any atom is 0.306 e. The van der Waals surface area contributed by atoms with Crippen molar-refractivity contribution >= 4 is 14.3 Å². The van der Waals surface area contributed by atoms with Gasteiger partial charge < -0.3 is 14.3 Å². The first kappa shape index (κ1) is 26.0. The minimum atomic E-state index is -2.04. The molecule has 0 saturated carbocycles. The van der Waals surface area contributed by atoms with Gasteiger partial charge in [-0.2, -0.15) is 0 Å². The summed E-state index contributed by atoms with van der Waals surface area (Å²) in [5, 5.41) is 9.13. The van der Waals surface area contributed by atoms with Crippen LogP contribution >= 0.6 is 0 Å². The predicted octanol–water partition coefficient (Wildman–Crippen LogP) is 6.69. The molecule has 1 heterocycles. The van der Waals surface area contributed by atoms with E-state index in [-0.39, 0.29) is 29.8 Å². The number of hydrogen-bond acceptors (Lipinski definition) is 4. The van der Waals surface area contributed by atoms with Gasteiger partial charge in [-0.25, -0.2) is 4.39 Å². The lowest BCUT2D eigenvalue weighted by atomic mass is 9.94. The van der Waals surface area contributed by atoms with Crippen LogP contribution in [0.25, 0.3) is 11.1 Å². The molecule has 0 bridgehead atoms. The van der Waals surface area contributed by atoms with Crippen LogP contribution in [0, 0.1) is 12.7 Å². The average molecular weight is 462 g/mol. The number of rotatable bonds is 9. The first-order chi connectivity index (χ1) is 14.7. The fraction of sp³-hybridized carbons (Fsp3) is 0.520. The summed E-state index contributed by atoms with van der Waals surface area (Å²) in [5.41, 5.74) is 4.06. The summed E-state index contributed by atoms with van der Waals surface area (Å²) >= 11 is 0. The van der Waals surface area contributed by atoms with Gasteiger partial charge in [-0.05, 0) is 48.7 Å². The molecular weight excluding hydrogens is 425 g/mol. The van der Waals surface area contributed by atoms with Gasteiger partial charge in [-0.1, -0.05) is 46.8 Å². The summed E-state index contributed by atoms with van der Waals surface area (Å²) in [6, 6.07) is 6.27. The fourth-order valence-electron chi connectivity index (χ4n) is 3.09. The summed E-state index contributed by atoms with van der Waals surface area (Å²) < 4.78 is 26.2. The topological polar surface area (TPSA) is 68.7 Å². The SMILES string of the molecule is Cc1nc(C(C)C)c(OCCC(=O)O)c(-c2ccc(F)cc2)c1CO[Si](C)(C)C(C)(C)C. The number of aromatic nitrogens is 1. The number of aliphatic carboxylic acids is 1. The number of pyridine rings is 1. The van der Waals surface area contributed by atoms with Crippen LogP contribution in [-0.4, -0.2) is 31.0 Å². The zero-order valence-corrected chi connectivity index (χ0v) is 21.5. The Kier molecular flexibility index (Phi) is 8.23. The van der Waals surface area contributed by atoms with Crippen molar-refractivity contribution in [2.45, 2.75) is 78.6 Å². The molecule has 5 nitrogen and oxygen atoms in total. The molecule has 0 atom stereocenters. The normalized spacial score (nSPS) is 12.3. The monoisotopic (exact) mass is 461 g/mol. The van der Waals surface area contributed by atoms with E-state index in [1.54, 1.807) is 12.1 Å². The second-order valence-corrected chi connectivity index (χ2v) is 14.8. The lowest BCUT2D eigenvalue weighted by Crippen LogP contribution is -2.40. The molecule has 0 fully saturated rings. The summed E-state index contributed by atoms with van der Waals surface area (Å²) in [4.78, 5) is 15.9. The van der Waals surface area contributed by atoms with E-state index in [4.69, 9.17) is 19.3 Å². The van der Waals surface area contributed by atoms with Gasteiger partial charge in [0.2, 0.25) is 0 Å². The lowest BCUT2D eigenvalue weighted by Gasteiger charge is -2.36. The second kappa shape index (κ2) is 10.1. The molecule has 0 spiro atoms. The molecule has 176 valence electrons. The molecule has 1 aromatic carbocycles. The van der Waals surface area contributed by atoms with Crippen molar-refractivity contribution in [2.24, 2.45) is 0 Å². The van der Waals surface area contributed by atoms with Gasteiger partial charge >= 0.3 is 5.97 Å². The van der Waals surface area contributed by atoms with Crippen molar-refractivity contribution in [3.8, 4) is 16.9 Å². The van der Waals surface area contributed by atoms with E-state index >= 15 is 0 Å². The number of halogens is 1. The molecule has 0 aliphatic rings. The maximum absolute atomic E-state index is 13.7. The Morgan fingerprint density at radius 3 is 2.28 bits per heavy atom. The Hall–Kier alpha value is -2.25. The number of ether oxygens (including phenoxy) is 1. The largest absolute Gasteiger partial charge is 0.490 e. The Labute approximate surface area is 192 Å². The Balaban J connectivity index is 2.67. The predicted molar refractivity (Wildman–Crippen MR) is 128 cm³/mol. The van der Waals surface area contributed by atoms with Crippen molar-refractivity contribution in [1.82, 2.24) is 4.98 Å². The molecule has 1 N–H and O–H groups in total. The van der Waals surface area contributed by atoms with E-state index < -0.39 is 14.3 Å². The first-order valence-corrected chi connectivity index (χ1v) is 13.9. The Bertz CT molecular complexity index is 950. The molecule has 0 amide bonds. The van der Waals surface area contributed by atoms with E-state index in [0.29, 0.717) is 12.4 Å². The third-order valence-corrected chi connectivity index (χ3v) is 10.6. The highest BCUT2D eigenvalue weighted by atomic mass is 28.4. The van der Waals surface area contributed by atoms with E-state index in [1.165, 1.54) is 12.1 Å². The molecule has 0 aliphatic heterocycles. The third-order valence-electron chi connectivity index (χ3n) is 6.11. The molecule has 0 radical (unpaired) electrons. The number of carboxylic acid groups (broad SMARTS) is 1.